The lowest BCUT2D eigenvalue weighted by molar-refractivity contribution is -0.128. The van der Waals surface area contributed by atoms with E-state index in [2.05, 4.69) is 34.0 Å². The average Bonchev–Trinajstić information content (AvgIpc) is 3.90. The molecule has 0 radical (unpaired) electrons. The van der Waals surface area contributed by atoms with Gasteiger partial charge in [0.05, 0.1) is 34.6 Å². The number of fused-ring (bicyclic) bond motifs is 2. The average molecular weight is 858 g/mol. The van der Waals surface area contributed by atoms with Crippen molar-refractivity contribution in [2.24, 2.45) is 0 Å². The highest BCUT2D eigenvalue weighted by Crippen LogP contribution is 2.33. The van der Waals surface area contributed by atoms with Crippen LogP contribution in [0.4, 0.5) is 4.39 Å². The number of piperidine rings is 1. The Labute approximate surface area is 353 Å². The molecule has 0 saturated carbocycles. The zero-order chi connectivity index (χ0) is 42.6. The first-order valence-electron chi connectivity index (χ1n) is 19.9. The molecule has 6 aromatic rings. The predicted molar refractivity (Wildman–Crippen MR) is 230 cm³/mol. The number of aromatic hydroxyl groups is 2. The van der Waals surface area contributed by atoms with E-state index < -0.39 is 12.1 Å². The molecule has 1 atom stereocenters. The highest BCUT2D eigenvalue weighted by molar-refractivity contribution is 7.16. The van der Waals surface area contributed by atoms with Gasteiger partial charge in [0.25, 0.3) is 5.91 Å². The quantitative estimate of drug-likeness (QED) is 0.0768. The maximum atomic E-state index is 14.7. The third kappa shape index (κ3) is 9.70. The number of phenols is 2. The summed E-state index contributed by atoms with van der Waals surface area (Å²) in [6.45, 7) is 8.84. The summed E-state index contributed by atoms with van der Waals surface area (Å²) in [6.07, 6.45) is 1.20. The number of carboxylic acids is 1. The number of carbonyl (C=O) groups is 2. The Kier molecular flexibility index (Phi) is 13.3. The number of nitrogens with zero attached hydrogens (tertiary/aromatic N) is 3. The Morgan fingerprint density at radius 3 is 2.58 bits per heavy atom. The van der Waals surface area contributed by atoms with Gasteiger partial charge in [-0.05, 0) is 60.5 Å². The van der Waals surface area contributed by atoms with Crippen molar-refractivity contribution in [2.75, 3.05) is 45.9 Å². The summed E-state index contributed by atoms with van der Waals surface area (Å²) in [6, 6.07) is 18.5. The zero-order valence-electron chi connectivity index (χ0n) is 33.3. The first kappa shape index (κ1) is 42.9. The SMILES string of the molecule is CC(C)c1nc(C(=O)N2CCOC3(CCN(Cc4ccc(F)c(CCNC[C@H](O)c5ccc(O)c6[nH]c(=O)sc56)c4)CC3)C2)cs1.O=C(O)c1ccc2ccccc2c1O. The Balaban J connectivity index is 0.000000327. The van der Waals surface area contributed by atoms with Gasteiger partial charge in [-0.3, -0.25) is 14.5 Å². The summed E-state index contributed by atoms with van der Waals surface area (Å²) in [4.78, 5) is 46.8. The van der Waals surface area contributed by atoms with Crippen molar-refractivity contribution in [1.29, 1.82) is 0 Å². The van der Waals surface area contributed by atoms with Crippen LogP contribution in [0.5, 0.6) is 11.5 Å². The maximum absolute atomic E-state index is 14.7. The van der Waals surface area contributed by atoms with Crippen LogP contribution in [0.25, 0.3) is 21.0 Å². The molecule has 0 bridgehead atoms. The largest absolute Gasteiger partial charge is 0.506 e. The standard InChI is InChI=1S/C33H40FN5O5S2.C11H8O3/c1-20(2)30-36-25(18-45-30)31(42)39-13-14-44-33(19-39)8-11-38(12-9-33)17-21-3-5-24(34)22(15-21)7-10-35-16-27(41)23-4-6-26(40)28-29(23)46-32(43)37-28;12-10-8-4-2-1-3-7(8)5-6-9(10)11(13)14/h3-6,15,18,20,27,35,40-41H,7-14,16-17,19H2,1-2H3,(H,37,43);1-6,12H,(H,13,14)/t27-;/m0./s1. The number of rotatable bonds is 11. The molecule has 16 heteroatoms. The number of aromatic carboxylic acids is 1. The lowest BCUT2D eigenvalue weighted by Crippen LogP contribution is -2.58. The number of carbonyl (C=O) groups excluding carboxylic acids is 1. The van der Waals surface area contributed by atoms with Gasteiger partial charge in [-0.15, -0.1) is 11.3 Å². The smallest absolute Gasteiger partial charge is 0.339 e. The summed E-state index contributed by atoms with van der Waals surface area (Å²) >= 11 is 2.48. The van der Waals surface area contributed by atoms with Crippen LogP contribution in [0.3, 0.4) is 0 Å². The molecule has 0 unspecified atom stereocenters. The third-order valence-corrected chi connectivity index (χ3v) is 13.1. The van der Waals surface area contributed by atoms with E-state index in [-0.39, 0.29) is 45.8 Å². The van der Waals surface area contributed by atoms with E-state index in [0.29, 0.717) is 77.5 Å². The summed E-state index contributed by atoms with van der Waals surface area (Å²) in [5.74, 6) is -1.31. The second kappa shape index (κ2) is 18.6. The van der Waals surface area contributed by atoms with E-state index in [9.17, 15) is 34.1 Å². The van der Waals surface area contributed by atoms with Crippen LogP contribution in [0.1, 0.15) is 81.3 Å². The molecule has 2 fully saturated rings. The minimum atomic E-state index is -1.12. The number of hydrogen-bond acceptors (Lipinski definition) is 12. The molecule has 316 valence electrons. The van der Waals surface area contributed by atoms with Crippen molar-refractivity contribution in [3.63, 3.8) is 0 Å². The molecule has 60 heavy (non-hydrogen) atoms. The second-order valence-electron chi connectivity index (χ2n) is 15.5. The number of hydrogen-bond donors (Lipinski definition) is 6. The van der Waals surface area contributed by atoms with Crippen molar-refractivity contribution in [3.8, 4) is 11.5 Å². The number of amides is 1. The summed E-state index contributed by atoms with van der Waals surface area (Å²) < 4.78 is 21.5. The number of H-pyrrole nitrogens is 1. The van der Waals surface area contributed by atoms with Gasteiger partial charge in [-0.25, -0.2) is 14.2 Å². The number of aromatic nitrogens is 2. The van der Waals surface area contributed by atoms with E-state index in [0.717, 1.165) is 53.2 Å². The number of aliphatic hydroxyl groups excluding tert-OH is 1. The molecule has 1 spiro atoms. The van der Waals surface area contributed by atoms with Crippen molar-refractivity contribution >= 4 is 55.5 Å². The van der Waals surface area contributed by atoms with Gasteiger partial charge in [0.2, 0.25) is 0 Å². The van der Waals surface area contributed by atoms with Crippen molar-refractivity contribution < 1.29 is 39.1 Å². The van der Waals surface area contributed by atoms with Gasteiger partial charge in [0.15, 0.2) is 0 Å². The molecule has 4 aromatic carbocycles. The highest BCUT2D eigenvalue weighted by Gasteiger charge is 2.41. The fourth-order valence-electron chi connectivity index (χ4n) is 7.73. The number of likely N-dealkylation sites (tertiary alicyclic amines) is 1. The fourth-order valence-corrected chi connectivity index (χ4v) is 9.46. The molecule has 8 rings (SSSR count). The number of morpholine rings is 1. The highest BCUT2D eigenvalue weighted by atomic mass is 32.1. The van der Waals surface area contributed by atoms with Gasteiger partial charge >= 0.3 is 10.8 Å². The Bertz CT molecular complexity index is 2550. The number of benzene rings is 4. The van der Waals surface area contributed by atoms with E-state index >= 15 is 0 Å². The number of aromatic amines is 1. The number of carboxylic acid groups (broad SMARTS) is 1. The van der Waals surface area contributed by atoms with Crippen LogP contribution in [0.15, 0.2) is 76.9 Å². The van der Waals surface area contributed by atoms with Crippen LogP contribution in [0, 0.1) is 5.82 Å². The van der Waals surface area contributed by atoms with Crippen LogP contribution in [0.2, 0.25) is 0 Å². The van der Waals surface area contributed by atoms with Gasteiger partial charge in [0, 0.05) is 55.0 Å². The number of halogens is 1. The molecule has 0 aliphatic carbocycles. The van der Waals surface area contributed by atoms with Crippen molar-refractivity contribution in [3.05, 3.63) is 121 Å². The molecule has 4 heterocycles. The first-order valence-corrected chi connectivity index (χ1v) is 21.6. The second-order valence-corrected chi connectivity index (χ2v) is 17.4. The number of thiazole rings is 2. The van der Waals surface area contributed by atoms with Crippen LogP contribution in [-0.4, -0.2) is 104 Å². The summed E-state index contributed by atoms with van der Waals surface area (Å²) in [7, 11) is 0. The molecular formula is C44H48FN5O8S2. The van der Waals surface area contributed by atoms with E-state index in [1.807, 2.05) is 34.5 Å². The molecule has 2 aliphatic heterocycles. The first-order chi connectivity index (χ1) is 28.8. The van der Waals surface area contributed by atoms with Crippen molar-refractivity contribution in [1.82, 2.24) is 25.1 Å². The van der Waals surface area contributed by atoms with Gasteiger partial charge in [-0.2, -0.15) is 0 Å². The normalized spacial score (nSPS) is 16.0. The van der Waals surface area contributed by atoms with Crippen molar-refractivity contribution in [2.45, 2.75) is 57.3 Å². The molecule has 2 aromatic heterocycles. The molecular weight excluding hydrogens is 810 g/mol. The maximum Gasteiger partial charge on any atom is 0.339 e. The summed E-state index contributed by atoms with van der Waals surface area (Å²) in [5.41, 5.74) is 2.63. The lowest BCUT2D eigenvalue weighted by Gasteiger charge is -2.47. The molecule has 2 saturated heterocycles. The topological polar surface area (TPSA) is 189 Å². The van der Waals surface area contributed by atoms with Crippen LogP contribution >= 0.6 is 22.7 Å². The van der Waals surface area contributed by atoms with Gasteiger partial charge in [-0.1, -0.05) is 73.7 Å². The number of aliphatic hydroxyl groups is 1. The fraction of sp³-hybridized carbons (Fsp3) is 0.364. The molecule has 2 aliphatic rings. The molecule has 1 amide bonds. The van der Waals surface area contributed by atoms with E-state index in [4.69, 9.17) is 9.84 Å². The number of phenolic OH excluding ortho intramolecular Hbond substituents is 1. The monoisotopic (exact) mass is 857 g/mol. The predicted octanol–water partition coefficient (Wildman–Crippen LogP) is 6.63. The minimum absolute atomic E-state index is 0.0206. The third-order valence-electron chi connectivity index (χ3n) is 11.0. The minimum Gasteiger partial charge on any atom is -0.506 e. The Hall–Kier alpha value is -5.23. The summed E-state index contributed by atoms with van der Waals surface area (Å²) in [5, 5.41) is 46.6. The Morgan fingerprint density at radius 2 is 1.83 bits per heavy atom. The number of ether oxygens (including phenoxy) is 1. The lowest BCUT2D eigenvalue weighted by atomic mass is 9.89. The van der Waals surface area contributed by atoms with E-state index in [1.54, 1.807) is 24.3 Å². The van der Waals surface area contributed by atoms with Crippen LogP contribution in [-0.2, 0) is 17.7 Å². The van der Waals surface area contributed by atoms with E-state index in [1.165, 1.54) is 29.5 Å². The van der Waals surface area contributed by atoms with Gasteiger partial charge < -0.3 is 40.4 Å². The Morgan fingerprint density at radius 1 is 1.05 bits per heavy atom. The zero-order valence-corrected chi connectivity index (χ0v) is 35.0. The van der Waals surface area contributed by atoms with Crippen LogP contribution < -0.4 is 10.2 Å². The molecule has 13 nitrogen and oxygen atoms in total. The number of nitrogens with one attached hydrogen (secondary N) is 2. The van der Waals surface area contributed by atoms with Gasteiger partial charge in [0.1, 0.15) is 34.1 Å². The molecule has 6 N–H and O–H groups in total.